The van der Waals surface area contributed by atoms with E-state index in [9.17, 15) is 4.79 Å². The molecule has 0 aliphatic rings. The van der Waals surface area contributed by atoms with E-state index in [4.69, 9.17) is 0 Å². The van der Waals surface area contributed by atoms with Crippen molar-refractivity contribution in [2.75, 3.05) is 5.32 Å². The molecule has 1 N–H and O–H groups in total. The van der Waals surface area contributed by atoms with Crippen LogP contribution in [0.5, 0.6) is 0 Å². The molecule has 0 spiro atoms. The number of rotatable bonds is 2. The highest BCUT2D eigenvalue weighted by Gasteiger charge is 2.11. The fourth-order valence-corrected chi connectivity index (χ4v) is 2.03. The first-order valence-electron chi connectivity index (χ1n) is 6.32. The van der Waals surface area contributed by atoms with Crippen molar-refractivity contribution in [3.05, 3.63) is 66.2 Å². The van der Waals surface area contributed by atoms with E-state index in [1.54, 1.807) is 12.4 Å². The van der Waals surface area contributed by atoms with Crippen LogP contribution in [0.2, 0.25) is 0 Å². The summed E-state index contributed by atoms with van der Waals surface area (Å²) in [5, 5.41) is 4.65. The van der Waals surface area contributed by atoms with E-state index < -0.39 is 0 Å². The van der Waals surface area contributed by atoms with E-state index in [0.29, 0.717) is 11.4 Å². The molecule has 0 aliphatic carbocycles. The predicted octanol–water partition coefficient (Wildman–Crippen LogP) is 3.19. The third-order valence-electron chi connectivity index (χ3n) is 3.06. The number of fused-ring (bicyclic) bond motifs is 1. The number of aryl methyl sites for hydroxylation is 1. The monoisotopic (exact) mass is 263 g/mol. The Balaban J connectivity index is 1.94. The number of carbonyl (C=O) groups is 1. The van der Waals surface area contributed by atoms with Gasteiger partial charge in [-0.05, 0) is 30.5 Å². The van der Waals surface area contributed by atoms with Gasteiger partial charge in [0.15, 0.2) is 0 Å². The number of anilines is 1. The summed E-state index contributed by atoms with van der Waals surface area (Å²) in [5.41, 5.74) is 1.99. The summed E-state index contributed by atoms with van der Waals surface area (Å²) >= 11 is 0. The Morgan fingerprint density at radius 1 is 1.05 bits per heavy atom. The molecule has 0 saturated heterocycles. The first-order valence-corrected chi connectivity index (χ1v) is 6.32. The van der Waals surface area contributed by atoms with Crippen molar-refractivity contribution in [1.29, 1.82) is 0 Å². The summed E-state index contributed by atoms with van der Waals surface area (Å²) in [6.07, 6.45) is 3.28. The highest BCUT2D eigenvalue weighted by Crippen LogP contribution is 2.17. The van der Waals surface area contributed by atoms with Gasteiger partial charge in [0.25, 0.3) is 5.91 Å². The second-order valence-corrected chi connectivity index (χ2v) is 4.52. The minimum absolute atomic E-state index is 0.229. The molecular formula is C16H13N3O. The van der Waals surface area contributed by atoms with Crippen molar-refractivity contribution in [2.45, 2.75) is 6.92 Å². The van der Waals surface area contributed by atoms with Crippen LogP contribution in [0.4, 0.5) is 5.69 Å². The number of carbonyl (C=O) groups excluding carboxylic acids is 1. The SMILES string of the molecule is Cc1ccc(NC(=O)c2nccc3ccccc23)cn1. The van der Waals surface area contributed by atoms with Gasteiger partial charge in [-0.25, -0.2) is 0 Å². The average molecular weight is 263 g/mol. The van der Waals surface area contributed by atoms with E-state index in [1.807, 2.05) is 49.4 Å². The van der Waals surface area contributed by atoms with Gasteiger partial charge < -0.3 is 5.32 Å². The molecule has 4 nitrogen and oxygen atoms in total. The standard InChI is InChI=1S/C16H13N3O/c1-11-6-7-13(10-18-11)19-16(20)15-14-5-3-2-4-12(14)8-9-17-15/h2-10H,1H3,(H,19,20). The predicted molar refractivity (Wildman–Crippen MR) is 78.7 cm³/mol. The maximum Gasteiger partial charge on any atom is 0.274 e. The van der Waals surface area contributed by atoms with Gasteiger partial charge in [-0.1, -0.05) is 24.3 Å². The van der Waals surface area contributed by atoms with Crippen LogP contribution in [0.25, 0.3) is 10.8 Å². The van der Waals surface area contributed by atoms with Crippen molar-refractivity contribution in [3.63, 3.8) is 0 Å². The fraction of sp³-hybridized carbons (Fsp3) is 0.0625. The second kappa shape index (κ2) is 5.09. The Morgan fingerprint density at radius 3 is 2.70 bits per heavy atom. The fourth-order valence-electron chi connectivity index (χ4n) is 2.03. The van der Waals surface area contributed by atoms with Crippen LogP contribution in [0.15, 0.2) is 54.9 Å². The lowest BCUT2D eigenvalue weighted by molar-refractivity contribution is 0.102. The maximum absolute atomic E-state index is 12.3. The van der Waals surface area contributed by atoms with Gasteiger partial charge in [-0.3, -0.25) is 14.8 Å². The summed E-state index contributed by atoms with van der Waals surface area (Å²) in [6, 6.07) is 13.3. The van der Waals surface area contributed by atoms with Gasteiger partial charge in [0.1, 0.15) is 5.69 Å². The molecular weight excluding hydrogens is 250 g/mol. The third-order valence-corrected chi connectivity index (χ3v) is 3.06. The number of benzene rings is 1. The van der Waals surface area contributed by atoms with Crippen LogP contribution in [0, 0.1) is 6.92 Å². The molecule has 3 rings (SSSR count). The Labute approximate surface area is 116 Å². The number of amides is 1. The van der Waals surface area contributed by atoms with E-state index >= 15 is 0 Å². The van der Waals surface area contributed by atoms with Crippen LogP contribution in [0.1, 0.15) is 16.2 Å². The number of pyridine rings is 2. The molecule has 20 heavy (non-hydrogen) atoms. The highest BCUT2D eigenvalue weighted by atomic mass is 16.1. The van der Waals surface area contributed by atoms with Crippen molar-refractivity contribution < 1.29 is 4.79 Å². The molecule has 0 bridgehead atoms. The van der Waals surface area contributed by atoms with Gasteiger partial charge in [0.05, 0.1) is 11.9 Å². The maximum atomic E-state index is 12.3. The molecule has 1 amide bonds. The zero-order valence-electron chi connectivity index (χ0n) is 11.0. The molecule has 1 aromatic carbocycles. The number of nitrogens with one attached hydrogen (secondary N) is 1. The number of nitrogens with zero attached hydrogens (tertiary/aromatic N) is 2. The van der Waals surface area contributed by atoms with Gasteiger partial charge in [-0.15, -0.1) is 0 Å². The first-order chi connectivity index (χ1) is 9.74. The molecule has 2 aromatic heterocycles. The Morgan fingerprint density at radius 2 is 1.90 bits per heavy atom. The zero-order chi connectivity index (χ0) is 13.9. The van der Waals surface area contributed by atoms with E-state index in [2.05, 4.69) is 15.3 Å². The second-order valence-electron chi connectivity index (χ2n) is 4.52. The summed E-state index contributed by atoms with van der Waals surface area (Å²) < 4.78 is 0. The van der Waals surface area contributed by atoms with E-state index in [1.165, 1.54) is 0 Å². The molecule has 98 valence electrons. The number of aromatic nitrogens is 2. The summed E-state index contributed by atoms with van der Waals surface area (Å²) in [4.78, 5) is 20.7. The van der Waals surface area contributed by atoms with Gasteiger partial charge in [-0.2, -0.15) is 0 Å². The van der Waals surface area contributed by atoms with Crippen LogP contribution >= 0.6 is 0 Å². The summed E-state index contributed by atoms with van der Waals surface area (Å²) in [5.74, 6) is -0.229. The van der Waals surface area contributed by atoms with Crippen molar-refractivity contribution in [1.82, 2.24) is 9.97 Å². The van der Waals surface area contributed by atoms with Crippen LogP contribution in [0.3, 0.4) is 0 Å². The van der Waals surface area contributed by atoms with Gasteiger partial charge >= 0.3 is 0 Å². The largest absolute Gasteiger partial charge is 0.319 e. The minimum atomic E-state index is -0.229. The minimum Gasteiger partial charge on any atom is -0.319 e. The summed E-state index contributed by atoms with van der Waals surface area (Å²) in [7, 11) is 0. The van der Waals surface area contributed by atoms with Crippen molar-refractivity contribution in [3.8, 4) is 0 Å². The molecule has 0 saturated carbocycles. The molecule has 4 heteroatoms. The van der Waals surface area contributed by atoms with Crippen molar-refractivity contribution in [2.24, 2.45) is 0 Å². The normalized spacial score (nSPS) is 10.4. The van der Waals surface area contributed by atoms with E-state index in [0.717, 1.165) is 16.5 Å². The summed E-state index contributed by atoms with van der Waals surface area (Å²) in [6.45, 7) is 1.90. The molecule has 2 heterocycles. The number of hydrogen-bond acceptors (Lipinski definition) is 3. The molecule has 0 unspecified atom stereocenters. The molecule has 0 aliphatic heterocycles. The van der Waals surface area contributed by atoms with Crippen LogP contribution < -0.4 is 5.32 Å². The number of hydrogen-bond donors (Lipinski definition) is 1. The Hall–Kier alpha value is -2.75. The topological polar surface area (TPSA) is 54.9 Å². The van der Waals surface area contributed by atoms with Crippen LogP contribution in [-0.4, -0.2) is 15.9 Å². The molecule has 0 atom stereocenters. The molecule has 0 radical (unpaired) electrons. The molecule has 3 aromatic rings. The lowest BCUT2D eigenvalue weighted by Crippen LogP contribution is -2.14. The highest BCUT2D eigenvalue weighted by molar-refractivity contribution is 6.11. The lowest BCUT2D eigenvalue weighted by Gasteiger charge is -2.07. The average Bonchev–Trinajstić information content (AvgIpc) is 2.49. The first kappa shape index (κ1) is 12.3. The Bertz CT molecular complexity index is 761. The van der Waals surface area contributed by atoms with E-state index in [-0.39, 0.29) is 5.91 Å². The van der Waals surface area contributed by atoms with Crippen LogP contribution in [-0.2, 0) is 0 Å². The molecule has 0 fully saturated rings. The van der Waals surface area contributed by atoms with Crippen molar-refractivity contribution >= 4 is 22.4 Å². The smallest absolute Gasteiger partial charge is 0.274 e. The quantitative estimate of drug-likeness (QED) is 0.772. The Kier molecular flexibility index (Phi) is 3.13. The van der Waals surface area contributed by atoms with Gasteiger partial charge in [0.2, 0.25) is 0 Å². The third kappa shape index (κ3) is 2.36. The zero-order valence-corrected chi connectivity index (χ0v) is 11.0. The lowest BCUT2D eigenvalue weighted by atomic mass is 10.1. The van der Waals surface area contributed by atoms with Gasteiger partial charge in [0, 0.05) is 17.3 Å².